The van der Waals surface area contributed by atoms with Gasteiger partial charge in [-0.05, 0) is 38.1 Å². The van der Waals surface area contributed by atoms with E-state index < -0.39 is 0 Å². The van der Waals surface area contributed by atoms with E-state index in [9.17, 15) is 0 Å². The van der Waals surface area contributed by atoms with E-state index in [0.717, 1.165) is 29.8 Å². The van der Waals surface area contributed by atoms with Crippen molar-refractivity contribution in [3.05, 3.63) is 48.4 Å². The van der Waals surface area contributed by atoms with Gasteiger partial charge in [-0.15, -0.1) is 24.0 Å². The first-order valence-corrected chi connectivity index (χ1v) is 8.06. The Hall–Kier alpha value is -1.90. The fourth-order valence-corrected chi connectivity index (χ4v) is 2.09. The topological polar surface area (TPSA) is 68.0 Å². The van der Waals surface area contributed by atoms with E-state index >= 15 is 0 Å². The van der Waals surface area contributed by atoms with Crippen LogP contribution in [-0.2, 0) is 6.54 Å². The van der Waals surface area contributed by atoms with Crippen LogP contribution in [0.5, 0.6) is 11.5 Å². The summed E-state index contributed by atoms with van der Waals surface area (Å²) in [6.07, 6.45) is 1.62. The molecule has 1 unspecified atom stereocenters. The van der Waals surface area contributed by atoms with E-state index in [1.807, 2.05) is 50.2 Å². The Kier molecular flexibility index (Phi) is 9.83. The molecule has 0 fully saturated rings. The average Bonchev–Trinajstić information content (AvgIpc) is 3.11. The van der Waals surface area contributed by atoms with E-state index in [0.29, 0.717) is 13.1 Å². The summed E-state index contributed by atoms with van der Waals surface area (Å²) in [5.74, 6) is 3.12. The van der Waals surface area contributed by atoms with E-state index in [1.165, 1.54) is 0 Å². The number of guanidine groups is 1. The fourth-order valence-electron chi connectivity index (χ4n) is 2.09. The highest BCUT2D eigenvalue weighted by atomic mass is 127. The zero-order chi connectivity index (χ0) is 17.2. The van der Waals surface area contributed by atoms with Gasteiger partial charge in [-0.2, -0.15) is 0 Å². The summed E-state index contributed by atoms with van der Waals surface area (Å²) in [6, 6.07) is 11.3. The van der Waals surface area contributed by atoms with Crippen molar-refractivity contribution in [2.45, 2.75) is 26.5 Å². The Labute approximate surface area is 166 Å². The third-order valence-electron chi connectivity index (χ3n) is 3.25. The van der Waals surface area contributed by atoms with Gasteiger partial charge in [0.15, 0.2) is 5.96 Å². The van der Waals surface area contributed by atoms with Crippen molar-refractivity contribution in [2.75, 3.05) is 20.2 Å². The van der Waals surface area contributed by atoms with Crippen LogP contribution in [0, 0.1) is 0 Å². The number of aliphatic imine (C=N–C) groups is 1. The number of furan rings is 1. The summed E-state index contributed by atoms with van der Waals surface area (Å²) < 4.78 is 16.4. The predicted octanol–water partition coefficient (Wildman–Crippen LogP) is 3.43. The van der Waals surface area contributed by atoms with Crippen molar-refractivity contribution >= 4 is 29.9 Å². The lowest BCUT2D eigenvalue weighted by atomic mass is 10.3. The molecule has 2 N–H and O–H groups in total. The molecule has 0 saturated heterocycles. The summed E-state index contributed by atoms with van der Waals surface area (Å²) in [5, 5.41) is 6.48. The Balaban J connectivity index is 0.00000312. The quantitative estimate of drug-likeness (QED) is 0.360. The Bertz CT molecular complexity index is 632. The van der Waals surface area contributed by atoms with Crippen molar-refractivity contribution in [3.63, 3.8) is 0 Å². The zero-order valence-electron chi connectivity index (χ0n) is 14.8. The monoisotopic (exact) mass is 459 g/mol. The van der Waals surface area contributed by atoms with Gasteiger partial charge in [0.05, 0.1) is 19.9 Å². The minimum atomic E-state index is -0.0235. The second-order valence-electron chi connectivity index (χ2n) is 5.26. The van der Waals surface area contributed by atoms with Crippen LogP contribution in [0.3, 0.4) is 0 Å². The van der Waals surface area contributed by atoms with Gasteiger partial charge in [-0.25, -0.2) is 4.99 Å². The Morgan fingerprint density at radius 3 is 2.68 bits per heavy atom. The molecule has 0 aliphatic carbocycles. The highest BCUT2D eigenvalue weighted by Crippen LogP contribution is 2.19. The first-order valence-electron chi connectivity index (χ1n) is 8.06. The summed E-state index contributed by atoms with van der Waals surface area (Å²) in [7, 11) is 1.64. The molecule has 0 saturated carbocycles. The van der Waals surface area contributed by atoms with E-state index in [2.05, 4.69) is 15.6 Å². The van der Waals surface area contributed by atoms with Crippen LogP contribution in [0.4, 0.5) is 0 Å². The van der Waals surface area contributed by atoms with Gasteiger partial charge in [-0.3, -0.25) is 0 Å². The van der Waals surface area contributed by atoms with Crippen LogP contribution < -0.4 is 20.1 Å². The lowest BCUT2D eigenvalue weighted by molar-refractivity contribution is 0.223. The van der Waals surface area contributed by atoms with Gasteiger partial charge < -0.3 is 24.5 Å². The number of benzene rings is 1. The second-order valence-corrected chi connectivity index (χ2v) is 5.26. The summed E-state index contributed by atoms with van der Waals surface area (Å²) in [4.78, 5) is 4.49. The summed E-state index contributed by atoms with van der Waals surface area (Å²) in [5.41, 5.74) is 0. The maximum Gasteiger partial charge on any atom is 0.191 e. The molecule has 1 aromatic heterocycles. The summed E-state index contributed by atoms with van der Waals surface area (Å²) in [6.45, 7) is 5.94. The first-order chi connectivity index (χ1) is 11.7. The minimum Gasteiger partial charge on any atom is -0.497 e. The molecule has 2 rings (SSSR count). The standard InChI is InChI=1S/C18H25N3O3.HI/c1-4-19-18(21-13-17-9-6-10-23-17)20-12-14(2)24-16-8-5-7-15(11-16)22-3;/h5-11,14H,4,12-13H2,1-3H3,(H2,19,20,21);1H. The average molecular weight is 459 g/mol. The second kappa shape index (κ2) is 11.6. The maximum atomic E-state index is 5.89. The van der Waals surface area contributed by atoms with Crippen LogP contribution in [0.1, 0.15) is 19.6 Å². The van der Waals surface area contributed by atoms with Gasteiger partial charge in [-0.1, -0.05) is 6.07 Å². The molecule has 2 aromatic rings. The largest absolute Gasteiger partial charge is 0.497 e. The van der Waals surface area contributed by atoms with Crippen LogP contribution in [0.15, 0.2) is 52.1 Å². The highest BCUT2D eigenvalue weighted by Gasteiger charge is 2.07. The third kappa shape index (κ3) is 7.68. The number of halogens is 1. The first kappa shape index (κ1) is 21.1. The maximum absolute atomic E-state index is 5.89. The SMILES string of the molecule is CCNC(=NCc1ccco1)NCC(C)Oc1cccc(OC)c1.I. The Morgan fingerprint density at radius 2 is 2.00 bits per heavy atom. The fraction of sp³-hybridized carbons (Fsp3) is 0.389. The lowest BCUT2D eigenvalue weighted by Crippen LogP contribution is -2.41. The van der Waals surface area contributed by atoms with Crippen molar-refractivity contribution in [2.24, 2.45) is 4.99 Å². The molecule has 25 heavy (non-hydrogen) atoms. The minimum absolute atomic E-state index is 0. The number of nitrogens with one attached hydrogen (secondary N) is 2. The normalized spacial score (nSPS) is 12.0. The van der Waals surface area contributed by atoms with Gasteiger partial charge in [0.25, 0.3) is 0 Å². The van der Waals surface area contributed by atoms with Gasteiger partial charge in [0, 0.05) is 12.6 Å². The van der Waals surface area contributed by atoms with Crippen LogP contribution in [0.2, 0.25) is 0 Å². The number of rotatable bonds is 8. The molecule has 0 aliphatic rings. The number of hydrogen-bond donors (Lipinski definition) is 2. The lowest BCUT2D eigenvalue weighted by Gasteiger charge is -2.18. The molecule has 0 amide bonds. The molecule has 0 aliphatic heterocycles. The summed E-state index contributed by atoms with van der Waals surface area (Å²) >= 11 is 0. The predicted molar refractivity (Wildman–Crippen MR) is 110 cm³/mol. The Morgan fingerprint density at radius 1 is 1.20 bits per heavy atom. The van der Waals surface area contributed by atoms with E-state index in [4.69, 9.17) is 13.9 Å². The zero-order valence-corrected chi connectivity index (χ0v) is 17.2. The van der Waals surface area contributed by atoms with Crippen LogP contribution in [-0.4, -0.2) is 32.3 Å². The van der Waals surface area contributed by atoms with Crippen molar-refractivity contribution in [3.8, 4) is 11.5 Å². The molecule has 1 heterocycles. The molecule has 0 spiro atoms. The van der Waals surface area contributed by atoms with E-state index in [-0.39, 0.29) is 30.1 Å². The molecule has 0 radical (unpaired) electrons. The molecule has 7 heteroatoms. The molecule has 138 valence electrons. The number of hydrogen-bond acceptors (Lipinski definition) is 4. The van der Waals surface area contributed by atoms with Gasteiger partial charge >= 0.3 is 0 Å². The molecule has 0 bridgehead atoms. The molecular weight excluding hydrogens is 433 g/mol. The van der Waals surface area contributed by atoms with Crippen molar-refractivity contribution in [1.82, 2.24) is 10.6 Å². The molecule has 6 nitrogen and oxygen atoms in total. The van der Waals surface area contributed by atoms with Crippen molar-refractivity contribution < 1.29 is 13.9 Å². The smallest absolute Gasteiger partial charge is 0.191 e. The number of nitrogens with zero attached hydrogens (tertiary/aromatic N) is 1. The van der Waals surface area contributed by atoms with Crippen LogP contribution in [0.25, 0.3) is 0 Å². The molecular formula is C18H26IN3O3. The third-order valence-corrected chi connectivity index (χ3v) is 3.25. The number of ether oxygens (including phenoxy) is 2. The van der Waals surface area contributed by atoms with Gasteiger partial charge in [0.2, 0.25) is 0 Å². The van der Waals surface area contributed by atoms with Gasteiger partial charge in [0.1, 0.15) is 29.9 Å². The number of methoxy groups -OCH3 is 1. The van der Waals surface area contributed by atoms with Crippen LogP contribution >= 0.6 is 24.0 Å². The highest BCUT2D eigenvalue weighted by molar-refractivity contribution is 14.0. The van der Waals surface area contributed by atoms with Crippen molar-refractivity contribution in [1.29, 1.82) is 0 Å². The molecule has 1 atom stereocenters. The van der Waals surface area contributed by atoms with E-state index in [1.54, 1.807) is 13.4 Å². The molecule has 1 aromatic carbocycles.